The van der Waals surface area contributed by atoms with Crippen molar-refractivity contribution in [3.63, 3.8) is 0 Å². The summed E-state index contributed by atoms with van der Waals surface area (Å²) >= 11 is 0. The highest BCUT2D eigenvalue weighted by Crippen LogP contribution is 2.33. The molecule has 11 heteroatoms. The Morgan fingerprint density at radius 1 is 1.30 bits per heavy atom. The van der Waals surface area contributed by atoms with Crippen molar-refractivity contribution in [3.05, 3.63) is 18.2 Å². The molecule has 27 heavy (non-hydrogen) atoms. The minimum atomic E-state index is -3.46. The van der Waals surface area contributed by atoms with E-state index in [1.54, 1.807) is 18.2 Å². The Morgan fingerprint density at radius 3 is 2.74 bits per heavy atom. The first-order chi connectivity index (χ1) is 12.8. The van der Waals surface area contributed by atoms with Crippen molar-refractivity contribution in [3.8, 4) is 23.0 Å². The van der Waals surface area contributed by atoms with E-state index in [9.17, 15) is 13.2 Å². The fourth-order valence-electron chi connectivity index (χ4n) is 2.95. The fraction of sp³-hybridized carbons (Fsp3) is 0.438. The predicted molar refractivity (Wildman–Crippen MR) is 96.0 cm³/mol. The average molecular weight is 396 g/mol. The topological polar surface area (TPSA) is 124 Å². The second kappa shape index (κ2) is 7.53. The van der Waals surface area contributed by atoms with Crippen molar-refractivity contribution in [2.75, 3.05) is 32.3 Å². The first-order valence-electron chi connectivity index (χ1n) is 8.17. The van der Waals surface area contributed by atoms with Gasteiger partial charge in [-0.2, -0.15) is 4.31 Å². The van der Waals surface area contributed by atoms with Gasteiger partial charge in [-0.15, -0.1) is 5.10 Å². The van der Waals surface area contributed by atoms with Gasteiger partial charge in [0.1, 0.15) is 17.5 Å². The monoisotopic (exact) mass is 396 g/mol. The molecule has 3 rings (SSSR count). The van der Waals surface area contributed by atoms with Crippen LogP contribution in [0.4, 0.5) is 6.01 Å². The predicted octanol–water partition coefficient (Wildman–Crippen LogP) is 1.12. The maximum absolute atomic E-state index is 12.4. The molecule has 1 fully saturated rings. The van der Waals surface area contributed by atoms with Gasteiger partial charge in [0.05, 0.1) is 26.0 Å². The molecule has 2 heterocycles. The van der Waals surface area contributed by atoms with Crippen molar-refractivity contribution < 1.29 is 27.1 Å². The van der Waals surface area contributed by atoms with Crippen molar-refractivity contribution in [2.24, 2.45) is 0 Å². The third-order valence-corrected chi connectivity index (χ3v) is 5.52. The summed E-state index contributed by atoms with van der Waals surface area (Å²) in [7, 11) is -0.428. The summed E-state index contributed by atoms with van der Waals surface area (Å²) in [6.45, 7) is 0.315. The van der Waals surface area contributed by atoms with Crippen molar-refractivity contribution in [2.45, 2.75) is 18.9 Å². The first kappa shape index (κ1) is 19.1. The number of nitrogens with one attached hydrogen (secondary N) is 1. The van der Waals surface area contributed by atoms with Gasteiger partial charge in [0.2, 0.25) is 15.9 Å². The number of aromatic nitrogens is 2. The quantitative estimate of drug-likeness (QED) is 0.770. The van der Waals surface area contributed by atoms with E-state index in [0.717, 1.165) is 6.26 Å². The van der Waals surface area contributed by atoms with E-state index in [4.69, 9.17) is 13.9 Å². The zero-order chi connectivity index (χ0) is 19.6. The lowest BCUT2D eigenvalue weighted by atomic mass is 10.2. The van der Waals surface area contributed by atoms with E-state index in [1.165, 1.54) is 18.5 Å². The Labute approximate surface area is 156 Å². The first-order valence-corrected chi connectivity index (χ1v) is 10.0. The van der Waals surface area contributed by atoms with Crippen LogP contribution in [0.1, 0.15) is 12.8 Å². The second-order valence-electron chi connectivity index (χ2n) is 6.00. The standard InChI is InChI=1S/C16H20N4O6S/c1-24-10-6-7-11(13(9-10)25-2)15-18-19-16(26-15)17-14(21)12-5-4-8-20(12)27(3,22)23/h6-7,9,12H,4-5,8H2,1-3H3,(H,17,19,21)/t12-/m1/s1. The van der Waals surface area contributed by atoms with E-state index in [0.29, 0.717) is 36.4 Å². The summed E-state index contributed by atoms with van der Waals surface area (Å²) in [6.07, 6.45) is 2.13. The zero-order valence-corrected chi connectivity index (χ0v) is 15.9. The summed E-state index contributed by atoms with van der Waals surface area (Å²) in [5, 5.41) is 10.2. The third-order valence-electron chi connectivity index (χ3n) is 4.23. The van der Waals surface area contributed by atoms with Crippen molar-refractivity contribution in [1.29, 1.82) is 0 Å². The Kier molecular flexibility index (Phi) is 5.33. The Morgan fingerprint density at radius 2 is 2.07 bits per heavy atom. The molecule has 0 aliphatic carbocycles. The van der Waals surface area contributed by atoms with Gasteiger partial charge < -0.3 is 13.9 Å². The smallest absolute Gasteiger partial charge is 0.322 e. The minimum absolute atomic E-state index is 0.117. The molecule has 1 aromatic carbocycles. The minimum Gasteiger partial charge on any atom is -0.497 e. The van der Waals surface area contributed by atoms with Crippen molar-refractivity contribution in [1.82, 2.24) is 14.5 Å². The van der Waals surface area contributed by atoms with Crippen LogP contribution in [0.25, 0.3) is 11.5 Å². The summed E-state index contributed by atoms with van der Waals surface area (Å²) in [5.41, 5.74) is 0.532. The van der Waals surface area contributed by atoms with Gasteiger partial charge in [0.15, 0.2) is 0 Å². The molecule has 2 aromatic rings. The lowest BCUT2D eigenvalue weighted by Gasteiger charge is -2.20. The fourth-order valence-corrected chi connectivity index (χ4v) is 4.07. The molecule has 1 aliphatic rings. The molecule has 0 spiro atoms. The molecule has 0 radical (unpaired) electrons. The van der Waals surface area contributed by atoms with Crippen LogP contribution in [0.5, 0.6) is 11.5 Å². The number of carbonyl (C=O) groups excluding carboxylic acids is 1. The molecule has 0 saturated carbocycles. The molecule has 0 bridgehead atoms. The SMILES string of the molecule is COc1ccc(-c2nnc(NC(=O)[C@H]3CCCN3S(C)(=O)=O)o2)c(OC)c1. The number of methoxy groups -OCH3 is 2. The molecule has 1 atom stereocenters. The highest BCUT2D eigenvalue weighted by Gasteiger charge is 2.37. The van der Waals surface area contributed by atoms with Crippen LogP contribution in [-0.4, -0.2) is 61.9 Å². The number of rotatable bonds is 6. The Hall–Kier alpha value is -2.66. The second-order valence-corrected chi connectivity index (χ2v) is 7.93. The molecular weight excluding hydrogens is 376 g/mol. The molecule has 146 valence electrons. The van der Waals surface area contributed by atoms with Crippen LogP contribution in [0.3, 0.4) is 0 Å². The van der Waals surface area contributed by atoms with Gasteiger partial charge in [-0.3, -0.25) is 10.1 Å². The van der Waals surface area contributed by atoms with Gasteiger partial charge >= 0.3 is 6.01 Å². The molecule has 0 unspecified atom stereocenters. The summed E-state index contributed by atoms with van der Waals surface area (Å²) in [5.74, 6) is 0.715. The number of hydrogen-bond acceptors (Lipinski definition) is 8. The molecule has 1 aromatic heterocycles. The lowest BCUT2D eigenvalue weighted by Crippen LogP contribution is -2.42. The van der Waals surface area contributed by atoms with E-state index in [-0.39, 0.29) is 11.9 Å². The van der Waals surface area contributed by atoms with Crippen LogP contribution in [0.2, 0.25) is 0 Å². The number of carbonyl (C=O) groups is 1. The largest absolute Gasteiger partial charge is 0.497 e. The Bertz CT molecular complexity index is 942. The maximum atomic E-state index is 12.4. The highest BCUT2D eigenvalue weighted by molar-refractivity contribution is 7.88. The number of hydrogen-bond donors (Lipinski definition) is 1. The Balaban J connectivity index is 1.78. The van der Waals surface area contributed by atoms with Gasteiger partial charge in [0.25, 0.3) is 5.89 Å². The van der Waals surface area contributed by atoms with Crippen LogP contribution in [0.15, 0.2) is 22.6 Å². The van der Waals surface area contributed by atoms with Gasteiger partial charge in [0, 0.05) is 12.6 Å². The maximum Gasteiger partial charge on any atom is 0.322 e. The molecule has 1 saturated heterocycles. The number of sulfonamides is 1. The summed E-state index contributed by atoms with van der Waals surface area (Å²) < 4.78 is 40.7. The molecule has 1 amide bonds. The summed E-state index contributed by atoms with van der Waals surface area (Å²) in [4.78, 5) is 12.4. The molecular formula is C16H20N4O6S. The third kappa shape index (κ3) is 4.03. The van der Waals surface area contributed by atoms with Crippen LogP contribution >= 0.6 is 0 Å². The van der Waals surface area contributed by atoms with Crippen LogP contribution in [-0.2, 0) is 14.8 Å². The van der Waals surface area contributed by atoms with E-state index >= 15 is 0 Å². The number of benzene rings is 1. The van der Waals surface area contributed by atoms with E-state index in [2.05, 4.69) is 15.5 Å². The molecule has 10 nitrogen and oxygen atoms in total. The lowest BCUT2D eigenvalue weighted by molar-refractivity contribution is -0.119. The number of amides is 1. The number of anilines is 1. The van der Waals surface area contributed by atoms with Gasteiger partial charge in [-0.1, -0.05) is 5.10 Å². The van der Waals surface area contributed by atoms with Crippen molar-refractivity contribution >= 4 is 21.9 Å². The number of nitrogens with zero attached hydrogens (tertiary/aromatic N) is 3. The summed E-state index contributed by atoms with van der Waals surface area (Å²) in [6, 6.07) is 4.17. The highest BCUT2D eigenvalue weighted by atomic mass is 32.2. The number of ether oxygens (including phenoxy) is 2. The normalized spacial score (nSPS) is 17.7. The van der Waals surface area contributed by atoms with E-state index < -0.39 is 22.0 Å². The van der Waals surface area contributed by atoms with Crippen LogP contribution in [0, 0.1) is 0 Å². The van der Waals surface area contributed by atoms with Gasteiger partial charge in [-0.05, 0) is 25.0 Å². The molecule has 1 N–H and O–H groups in total. The van der Waals surface area contributed by atoms with Gasteiger partial charge in [-0.25, -0.2) is 8.42 Å². The molecule has 1 aliphatic heterocycles. The average Bonchev–Trinajstić information content (AvgIpc) is 3.30. The van der Waals surface area contributed by atoms with E-state index in [1.807, 2.05) is 0 Å². The zero-order valence-electron chi connectivity index (χ0n) is 15.1. The van der Waals surface area contributed by atoms with Crippen LogP contribution < -0.4 is 14.8 Å².